The zero-order chi connectivity index (χ0) is 13.8. The van der Waals surface area contributed by atoms with Crippen LogP contribution in [0.4, 0.5) is 0 Å². The minimum Gasteiger partial charge on any atom is -0.344 e. The average Bonchev–Trinajstić information content (AvgIpc) is 2.88. The fraction of sp³-hybridized carbons (Fsp3) is 0.286. The van der Waals surface area contributed by atoms with Crippen molar-refractivity contribution >= 4 is 17.2 Å². The molecule has 0 aliphatic rings. The van der Waals surface area contributed by atoms with Crippen LogP contribution in [0.1, 0.15) is 39.6 Å². The molecule has 0 unspecified atom stereocenters. The van der Waals surface area contributed by atoms with E-state index in [4.69, 9.17) is 5.73 Å². The molecule has 0 saturated heterocycles. The molecule has 1 amide bonds. The Morgan fingerprint density at radius 2 is 2.11 bits per heavy atom. The lowest BCUT2D eigenvalue weighted by molar-refractivity contribution is 0.0935. The molecule has 0 aliphatic heterocycles. The first-order chi connectivity index (χ1) is 9.10. The molecule has 0 bridgehead atoms. The van der Waals surface area contributed by atoms with Crippen molar-refractivity contribution in [1.29, 1.82) is 0 Å². The highest BCUT2D eigenvalue weighted by molar-refractivity contribution is 7.09. The molecule has 5 heteroatoms. The van der Waals surface area contributed by atoms with E-state index in [1.807, 2.05) is 38.1 Å². The molecule has 2 rings (SSSR count). The number of nitrogens with zero attached hydrogens (tertiary/aromatic N) is 1. The van der Waals surface area contributed by atoms with Crippen molar-refractivity contribution in [1.82, 2.24) is 10.3 Å². The first kappa shape index (κ1) is 13.7. The zero-order valence-electron chi connectivity index (χ0n) is 11.0. The van der Waals surface area contributed by atoms with Gasteiger partial charge in [0.15, 0.2) is 0 Å². The molecule has 1 heterocycles. The van der Waals surface area contributed by atoms with Crippen molar-refractivity contribution in [3.8, 4) is 0 Å². The SMILES string of the molecule is Cc1ccc([C@H](C)NC(=O)c2csc(CN)n2)cc1. The molecule has 3 N–H and O–H groups in total. The minimum absolute atomic E-state index is 0.0453. The van der Waals surface area contributed by atoms with Crippen molar-refractivity contribution in [3.05, 3.63) is 51.5 Å². The lowest BCUT2D eigenvalue weighted by atomic mass is 10.1. The normalized spacial score (nSPS) is 12.2. The molecule has 1 aromatic carbocycles. The van der Waals surface area contributed by atoms with E-state index in [-0.39, 0.29) is 11.9 Å². The molecule has 0 radical (unpaired) electrons. The Morgan fingerprint density at radius 1 is 1.42 bits per heavy atom. The van der Waals surface area contributed by atoms with E-state index in [9.17, 15) is 4.79 Å². The zero-order valence-corrected chi connectivity index (χ0v) is 11.8. The number of nitrogens with one attached hydrogen (secondary N) is 1. The molecular formula is C14H17N3OS. The molecule has 4 nitrogen and oxygen atoms in total. The average molecular weight is 275 g/mol. The molecule has 0 fully saturated rings. The summed E-state index contributed by atoms with van der Waals surface area (Å²) in [6, 6.07) is 8.07. The summed E-state index contributed by atoms with van der Waals surface area (Å²) in [5.74, 6) is -0.163. The summed E-state index contributed by atoms with van der Waals surface area (Å²) in [6.07, 6.45) is 0. The second kappa shape index (κ2) is 5.95. The maximum absolute atomic E-state index is 12.0. The van der Waals surface area contributed by atoms with E-state index in [1.165, 1.54) is 16.9 Å². The molecular weight excluding hydrogens is 258 g/mol. The first-order valence-corrected chi connectivity index (χ1v) is 7.00. The summed E-state index contributed by atoms with van der Waals surface area (Å²) >= 11 is 1.41. The van der Waals surface area contributed by atoms with Crippen LogP contribution >= 0.6 is 11.3 Å². The van der Waals surface area contributed by atoms with Gasteiger partial charge in [0, 0.05) is 11.9 Å². The number of amides is 1. The molecule has 0 aliphatic carbocycles. The van der Waals surface area contributed by atoms with Crippen molar-refractivity contribution in [2.45, 2.75) is 26.4 Å². The van der Waals surface area contributed by atoms with E-state index < -0.39 is 0 Å². The minimum atomic E-state index is -0.163. The third-order valence-electron chi connectivity index (χ3n) is 2.88. The van der Waals surface area contributed by atoms with Gasteiger partial charge in [-0.1, -0.05) is 29.8 Å². The molecule has 1 atom stereocenters. The Morgan fingerprint density at radius 3 is 2.68 bits per heavy atom. The summed E-state index contributed by atoms with van der Waals surface area (Å²) < 4.78 is 0. The second-order valence-electron chi connectivity index (χ2n) is 4.44. The third kappa shape index (κ3) is 3.39. The molecule has 0 spiro atoms. The number of carbonyl (C=O) groups is 1. The second-order valence-corrected chi connectivity index (χ2v) is 5.38. The molecule has 0 saturated carbocycles. The quantitative estimate of drug-likeness (QED) is 0.900. The number of rotatable bonds is 4. The number of nitrogens with two attached hydrogens (primary N) is 1. The highest BCUT2D eigenvalue weighted by Gasteiger charge is 2.14. The fourth-order valence-electron chi connectivity index (χ4n) is 1.72. The summed E-state index contributed by atoms with van der Waals surface area (Å²) in [6.45, 7) is 4.36. The van der Waals surface area contributed by atoms with E-state index in [0.29, 0.717) is 12.2 Å². The smallest absolute Gasteiger partial charge is 0.271 e. The maximum Gasteiger partial charge on any atom is 0.271 e. The van der Waals surface area contributed by atoms with Gasteiger partial charge in [-0.3, -0.25) is 4.79 Å². The van der Waals surface area contributed by atoms with Gasteiger partial charge in [-0.15, -0.1) is 11.3 Å². The summed E-state index contributed by atoms with van der Waals surface area (Å²) in [7, 11) is 0. The van der Waals surface area contributed by atoms with Crippen LogP contribution in [-0.4, -0.2) is 10.9 Å². The number of benzene rings is 1. The summed E-state index contributed by atoms with van der Waals surface area (Å²) in [4.78, 5) is 16.2. The van der Waals surface area contributed by atoms with Crippen LogP contribution in [0.2, 0.25) is 0 Å². The van der Waals surface area contributed by atoms with Crippen molar-refractivity contribution in [2.24, 2.45) is 5.73 Å². The number of hydrogen-bond donors (Lipinski definition) is 2. The van der Waals surface area contributed by atoms with Crippen LogP contribution in [0.25, 0.3) is 0 Å². The predicted octanol–water partition coefficient (Wildman–Crippen LogP) is 2.40. The molecule has 19 heavy (non-hydrogen) atoms. The van der Waals surface area contributed by atoms with Crippen molar-refractivity contribution in [2.75, 3.05) is 0 Å². The van der Waals surface area contributed by atoms with Crippen molar-refractivity contribution in [3.63, 3.8) is 0 Å². The predicted molar refractivity (Wildman–Crippen MR) is 77.1 cm³/mol. The van der Waals surface area contributed by atoms with Crippen LogP contribution in [0.5, 0.6) is 0 Å². The van der Waals surface area contributed by atoms with Gasteiger partial charge in [0.2, 0.25) is 0 Å². The number of carbonyl (C=O) groups excluding carboxylic acids is 1. The molecule has 2 aromatic rings. The highest BCUT2D eigenvalue weighted by Crippen LogP contribution is 2.15. The van der Waals surface area contributed by atoms with Crippen LogP contribution < -0.4 is 11.1 Å². The van der Waals surface area contributed by atoms with Crippen molar-refractivity contribution < 1.29 is 4.79 Å². The summed E-state index contributed by atoms with van der Waals surface area (Å²) in [5.41, 5.74) is 8.20. The van der Waals surface area contributed by atoms with Crippen LogP contribution in [0, 0.1) is 6.92 Å². The van der Waals surface area contributed by atoms with Gasteiger partial charge in [-0.25, -0.2) is 4.98 Å². The van der Waals surface area contributed by atoms with Gasteiger partial charge in [-0.05, 0) is 19.4 Å². The van der Waals surface area contributed by atoms with Gasteiger partial charge < -0.3 is 11.1 Å². The standard InChI is InChI=1S/C14H17N3OS/c1-9-3-5-11(6-4-9)10(2)16-14(18)12-8-19-13(7-15)17-12/h3-6,8,10H,7,15H2,1-2H3,(H,16,18)/t10-/m0/s1. The van der Waals surface area contributed by atoms with Gasteiger partial charge >= 0.3 is 0 Å². The van der Waals surface area contributed by atoms with Crippen LogP contribution in [-0.2, 0) is 6.54 Å². The third-order valence-corrected chi connectivity index (χ3v) is 3.76. The Labute approximate surface area is 116 Å². The number of aryl methyl sites for hydroxylation is 1. The van der Waals surface area contributed by atoms with Crippen LogP contribution in [0.3, 0.4) is 0 Å². The fourth-order valence-corrected chi connectivity index (χ4v) is 2.37. The van der Waals surface area contributed by atoms with E-state index in [0.717, 1.165) is 10.6 Å². The van der Waals surface area contributed by atoms with Gasteiger partial charge in [0.25, 0.3) is 5.91 Å². The van der Waals surface area contributed by atoms with E-state index >= 15 is 0 Å². The molecule has 1 aromatic heterocycles. The Hall–Kier alpha value is -1.72. The monoisotopic (exact) mass is 275 g/mol. The number of thiazole rings is 1. The largest absolute Gasteiger partial charge is 0.344 e. The van der Waals surface area contributed by atoms with E-state index in [2.05, 4.69) is 10.3 Å². The molecule has 100 valence electrons. The van der Waals surface area contributed by atoms with Gasteiger partial charge in [0.05, 0.1) is 6.04 Å². The summed E-state index contributed by atoms with van der Waals surface area (Å²) in [5, 5.41) is 5.44. The lowest BCUT2D eigenvalue weighted by Gasteiger charge is -2.13. The lowest BCUT2D eigenvalue weighted by Crippen LogP contribution is -2.27. The van der Waals surface area contributed by atoms with Gasteiger partial charge in [-0.2, -0.15) is 0 Å². The Kier molecular flexibility index (Phi) is 4.29. The maximum atomic E-state index is 12.0. The van der Waals surface area contributed by atoms with Gasteiger partial charge in [0.1, 0.15) is 10.7 Å². The topological polar surface area (TPSA) is 68.0 Å². The van der Waals surface area contributed by atoms with Crippen LogP contribution in [0.15, 0.2) is 29.6 Å². The Bertz CT molecular complexity index is 562. The number of aromatic nitrogens is 1. The van der Waals surface area contributed by atoms with E-state index in [1.54, 1.807) is 5.38 Å². The number of hydrogen-bond acceptors (Lipinski definition) is 4. The Balaban J connectivity index is 2.04. The first-order valence-electron chi connectivity index (χ1n) is 6.12. The highest BCUT2D eigenvalue weighted by atomic mass is 32.1.